The Hall–Kier alpha value is -2.79. The molecule has 4 N–H and O–H groups in total. The second-order valence-electron chi connectivity index (χ2n) is 7.27. The van der Waals surface area contributed by atoms with Gasteiger partial charge in [-0.05, 0) is 62.1 Å². The molecule has 3 aromatic rings. The Morgan fingerprint density at radius 1 is 1.04 bits per heavy atom. The Morgan fingerprint density at radius 2 is 1.79 bits per heavy atom. The molecule has 1 amide bonds. The van der Waals surface area contributed by atoms with Crippen LogP contribution in [0.15, 0.2) is 54.7 Å². The van der Waals surface area contributed by atoms with Gasteiger partial charge in [0.05, 0.1) is 11.1 Å². The van der Waals surface area contributed by atoms with Crippen LogP contribution in [0.25, 0.3) is 10.9 Å². The first-order chi connectivity index (χ1) is 13.6. The summed E-state index contributed by atoms with van der Waals surface area (Å²) in [7, 11) is 0. The van der Waals surface area contributed by atoms with Crippen LogP contribution in [-0.2, 0) is 0 Å². The summed E-state index contributed by atoms with van der Waals surface area (Å²) < 4.78 is 0. The van der Waals surface area contributed by atoms with Gasteiger partial charge in [0, 0.05) is 40.1 Å². The largest absolute Gasteiger partial charge is 0.398 e. The minimum absolute atomic E-state index is 0.0912. The second kappa shape index (κ2) is 8.07. The molecule has 28 heavy (non-hydrogen) atoms. The van der Waals surface area contributed by atoms with E-state index in [0.29, 0.717) is 22.3 Å². The molecule has 4 rings (SSSR count). The maximum atomic E-state index is 12.5. The SMILES string of the molecule is Nc1ccccc1C(=O)NC1CCC(Nc2ccnc3cc(Cl)ccc23)CC1. The van der Waals surface area contributed by atoms with Gasteiger partial charge in [-0.25, -0.2) is 0 Å². The lowest BCUT2D eigenvalue weighted by Gasteiger charge is -2.30. The molecule has 0 spiro atoms. The van der Waals surface area contributed by atoms with E-state index in [1.807, 2.05) is 36.4 Å². The predicted molar refractivity (Wildman–Crippen MR) is 115 cm³/mol. The van der Waals surface area contributed by atoms with Crippen molar-refractivity contribution in [1.29, 1.82) is 0 Å². The van der Waals surface area contributed by atoms with Gasteiger partial charge in [0.15, 0.2) is 0 Å². The summed E-state index contributed by atoms with van der Waals surface area (Å²) in [6.07, 6.45) is 5.66. The molecule has 2 aromatic carbocycles. The molecule has 0 radical (unpaired) electrons. The molecule has 1 heterocycles. The number of anilines is 2. The third-order valence-electron chi connectivity index (χ3n) is 5.33. The third-order valence-corrected chi connectivity index (χ3v) is 5.57. The molecule has 6 heteroatoms. The molecule has 1 aromatic heterocycles. The summed E-state index contributed by atoms with van der Waals surface area (Å²) in [6.45, 7) is 0. The van der Waals surface area contributed by atoms with Gasteiger partial charge in [0.25, 0.3) is 5.91 Å². The number of nitrogen functional groups attached to an aromatic ring is 1. The number of fused-ring (bicyclic) bond motifs is 1. The minimum atomic E-state index is -0.0912. The first-order valence-corrected chi connectivity index (χ1v) is 9.94. The van der Waals surface area contributed by atoms with Gasteiger partial charge in [-0.1, -0.05) is 23.7 Å². The predicted octanol–water partition coefficient (Wildman–Crippen LogP) is 4.62. The van der Waals surface area contributed by atoms with Gasteiger partial charge in [0.1, 0.15) is 0 Å². The van der Waals surface area contributed by atoms with Gasteiger partial charge in [-0.2, -0.15) is 0 Å². The van der Waals surface area contributed by atoms with Crippen LogP contribution < -0.4 is 16.4 Å². The van der Waals surface area contributed by atoms with Crippen molar-refractivity contribution < 1.29 is 4.79 Å². The van der Waals surface area contributed by atoms with Crippen LogP contribution in [0.1, 0.15) is 36.0 Å². The topological polar surface area (TPSA) is 80.0 Å². The molecule has 0 atom stereocenters. The van der Waals surface area contributed by atoms with E-state index in [1.54, 1.807) is 18.3 Å². The second-order valence-corrected chi connectivity index (χ2v) is 7.71. The Labute approximate surface area is 169 Å². The highest BCUT2D eigenvalue weighted by Crippen LogP contribution is 2.28. The van der Waals surface area contributed by atoms with Crippen LogP contribution in [-0.4, -0.2) is 23.0 Å². The lowest BCUT2D eigenvalue weighted by Crippen LogP contribution is -2.40. The highest BCUT2D eigenvalue weighted by Gasteiger charge is 2.23. The average Bonchev–Trinajstić information content (AvgIpc) is 2.69. The van der Waals surface area contributed by atoms with E-state index in [-0.39, 0.29) is 11.9 Å². The van der Waals surface area contributed by atoms with E-state index in [2.05, 4.69) is 15.6 Å². The molecular weight excluding hydrogens is 372 g/mol. The molecule has 1 aliphatic carbocycles. The Morgan fingerprint density at radius 3 is 2.57 bits per heavy atom. The van der Waals surface area contributed by atoms with Crippen molar-refractivity contribution in [2.45, 2.75) is 37.8 Å². The number of amides is 1. The first-order valence-electron chi connectivity index (χ1n) is 9.56. The maximum absolute atomic E-state index is 12.5. The Kier molecular flexibility index (Phi) is 5.35. The number of nitrogens with zero attached hydrogens (tertiary/aromatic N) is 1. The molecule has 1 saturated carbocycles. The van der Waals surface area contributed by atoms with E-state index in [4.69, 9.17) is 17.3 Å². The van der Waals surface area contributed by atoms with Crippen molar-refractivity contribution >= 4 is 39.8 Å². The van der Waals surface area contributed by atoms with Crippen molar-refractivity contribution in [2.75, 3.05) is 11.1 Å². The summed E-state index contributed by atoms with van der Waals surface area (Å²) in [6, 6.07) is 15.5. The third kappa shape index (κ3) is 4.04. The number of halogens is 1. The number of rotatable bonds is 4. The zero-order valence-electron chi connectivity index (χ0n) is 15.5. The van der Waals surface area contributed by atoms with Crippen molar-refractivity contribution in [1.82, 2.24) is 10.3 Å². The van der Waals surface area contributed by atoms with Gasteiger partial charge in [-0.3, -0.25) is 9.78 Å². The Bertz CT molecular complexity index is 999. The maximum Gasteiger partial charge on any atom is 0.253 e. The number of carbonyl (C=O) groups is 1. The fraction of sp³-hybridized carbons (Fsp3) is 0.273. The zero-order chi connectivity index (χ0) is 19.5. The summed E-state index contributed by atoms with van der Waals surface area (Å²) in [4.78, 5) is 16.8. The fourth-order valence-electron chi connectivity index (χ4n) is 3.82. The summed E-state index contributed by atoms with van der Waals surface area (Å²) in [5.74, 6) is -0.0912. The molecule has 144 valence electrons. The average molecular weight is 395 g/mol. The van der Waals surface area contributed by atoms with E-state index < -0.39 is 0 Å². The van der Waals surface area contributed by atoms with Crippen LogP contribution >= 0.6 is 11.6 Å². The van der Waals surface area contributed by atoms with Crippen LogP contribution in [0.5, 0.6) is 0 Å². The van der Waals surface area contributed by atoms with Crippen molar-refractivity contribution in [2.24, 2.45) is 0 Å². The molecule has 0 unspecified atom stereocenters. The number of hydrogen-bond donors (Lipinski definition) is 3. The number of nitrogens with two attached hydrogens (primary N) is 1. The number of aromatic nitrogens is 1. The molecule has 0 bridgehead atoms. The van der Waals surface area contributed by atoms with E-state index in [0.717, 1.165) is 42.3 Å². The number of benzene rings is 2. The molecular formula is C22H23ClN4O. The molecule has 5 nitrogen and oxygen atoms in total. The van der Waals surface area contributed by atoms with E-state index in [9.17, 15) is 4.79 Å². The molecule has 0 aliphatic heterocycles. The number of carbonyl (C=O) groups excluding carboxylic acids is 1. The van der Waals surface area contributed by atoms with Gasteiger partial charge < -0.3 is 16.4 Å². The van der Waals surface area contributed by atoms with E-state index in [1.165, 1.54) is 0 Å². The minimum Gasteiger partial charge on any atom is -0.398 e. The monoisotopic (exact) mass is 394 g/mol. The number of pyridine rings is 1. The van der Waals surface area contributed by atoms with Gasteiger partial charge >= 0.3 is 0 Å². The first kappa shape index (κ1) is 18.6. The molecule has 1 fully saturated rings. The summed E-state index contributed by atoms with van der Waals surface area (Å²) >= 11 is 6.07. The van der Waals surface area contributed by atoms with Crippen molar-refractivity contribution in [3.63, 3.8) is 0 Å². The van der Waals surface area contributed by atoms with Crippen LogP contribution in [0.3, 0.4) is 0 Å². The lowest BCUT2D eigenvalue weighted by molar-refractivity contribution is 0.0927. The quantitative estimate of drug-likeness (QED) is 0.564. The highest BCUT2D eigenvalue weighted by molar-refractivity contribution is 6.31. The number of hydrogen-bond acceptors (Lipinski definition) is 4. The zero-order valence-corrected chi connectivity index (χ0v) is 16.2. The standard InChI is InChI=1S/C22H23ClN4O/c23-14-5-10-18-20(11-12-25-21(18)13-14)26-15-6-8-16(9-7-15)27-22(28)17-3-1-2-4-19(17)24/h1-5,10-13,15-16H,6-9,24H2,(H,25,26)(H,27,28). The van der Waals surface area contributed by atoms with Crippen molar-refractivity contribution in [3.05, 3.63) is 65.3 Å². The lowest BCUT2D eigenvalue weighted by atomic mass is 9.90. The van der Waals surface area contributed by atoms with Crippen LogP contribution in [0, 0.1) is 0 Å². The summed E-state index contributed by atoms with van der Waals surface area (Å²) in [5.41, 5.74) is 8.93. The Balaban J connectivity index is 1.36. The molecule has 0 saturated heterocycles. The molecule has 1 aliphatic rings. The highest BCUT2D eigenvalue weighted by atomic mass is 35.5. The smallest absolute Gasteiger partial charge is 0.253 e. The van der Waals surface area contributed by atoms with Crippen molar-refractivity contribution in [3.8, 4) is 0 Å². The summed E-state index contributed by atoms with van der Waals surface area (Å²) in [5, 5.41) is 8.53. The van der Waals surface area contributed by atoms with Crippen LogP contribution in [0.2, 0.25) is 5.02 Å². The van der Waals surface area contributed by atoms with Gasteiger partial charge in [-0.15, -0.1) is 0 Å². The number of nitrogens with one attached hydrogen (secondary N) is 2. The normalized spacial score (nSPS) is 19.3. The fourth-order valence-corrected chi connectivity index (χ4v) is 3.98. The number of para-hydroxylation sites is 1. The van der Waals surface area contributed by atoms with Crippen LogP contribution in [0.4, 0.5) is 11.4 Å². The van der Waals surface area contributed by atoms with E-state index >= 15 is 0 Å². The van der Waals surface area contributed by atoms with Gasteiger partial charge in [0.2, 0.25) is 0 Å².